The summed E-state index contributed by atoms with van der Waals surface area (Å²) in [6, 6.07) is 15.1. The van der Waals surface area contributed by atoms with E-state index in [0.717, 1.165) is 42.7 Å². The van der Waals surface area contributed by atoms with Crippen LogP contribution in [0.5, 0.6) is 0 Å². The maximum absolute atomic E-state index is 12.3. The molecule has 1 aliphatic heterocycles. The number of hydrogen-bond donors (Lipinski definition) is 3. The van der Waals surface area contributed by atoms with Crippen molar-refractivity contribution in [1.82, 2.24) is 4.90 Å². The van der Waals surface area contributed by atoms with Crippen molar-refractivity contribution in [2.75, 3.05) is 18.4 Å². The summed E-state index contributed by atoms with van der Waals surface area (Å²) in [7, 11) is 0. The summed E-state index contributed by atoms with van der Waals surface area (Å²) in [4.78, 5) is 26.0. The maximum Gasteiger partial charge on any atom is 0.255 e. The standard InChI is InChI=1S/C21H26N4O2/c22-12-15-3-7-17(8-4-15)21(27)24-19-9-5-16(6-10-19)13-25-11-1-2-18(14-25)20(23)26/h3-10,18H,1-2,11-14,22H2,(H2,23,26)(H,24,27). The normalized spacial score (nSPS) is 17.4. The van der Waals surface area contributed by atoms with Crippen molar-refractivity contribution in [3.63, 3.8) is 0 Å². The molecule has 6 nitrogen and oxygen atoms in total. The van der Waals surface area contributed by atoms with Crippen LogP contribution in [-0.4, -0.2) is 29.8 Å². The molecule has 27 heavy (non-hydrogen) atoms. The Hall–Kier alpha value is -2.70. The van der Waals surface area contributed by atoms with Crippen molar-refractivity contribution >= 4 is 17.5 Å². The summed E-state index contributed by atoms with van der Waals surface area (Å²) < 4.78 is 0. The van der Waals surface area contributed by atoms with E-state index < -0.39 is 0 Å². The summed E-state index contributed by atoms with van der Waals surface area (Å²) >= 11 is 0. The van der Waals surface area contributed by atoms with Crippen LogP contribution in [0.25, 0.3) is 0 Å². The second-order valence-electron chi connectivity index (χ2n) is 7.03. The van der Waals surface area contributed by atoms with Gasteiger partial charge in [0.25, 0.3) is 5.91 Å². The minimum Gasteiger partial charge on any atom is -0.369 e. The number of nitrogens with two attached hydrogens (primary N) is 2. The third kappa shape index (κ3) is 5.15. The lowest BCUT2D eigenvalue weighted by Gasteiger charge is -2.31. The summed E-state index contributed by atoms with van der Waals surface area (Å²) in [5, 5.41) is 2.90. The van der Waals surface area contributed by atoms with Gasteiger partial charge in [-0.2, -0.15) is 0 Å². The molecule has 2 amide bonds. The van der Waals surface area contributed by atoms with Crippen molar-refractivity contribution in [2.24, 2.45) is 17.4 Å². The Labute approximate surface area is 159 Å². The molecule has 2 aromatic rings. The highest BCUT2D eigenvalue weighted by Gasteiger charge is 2.23. The van der Waals surface area contributed by atoms with Gasteiger partial charge in [-0.25, -0.2) is 0 Å². The zero-order valence-corrected chi connectivity index (χ0v) is 15.4. The van der Waals surface area contributed by atoms with Gasteiger partial charge in [0.2, 0.25) is 5.91 Å². The molecule has 1 fully saturated rings. The van der Waals surface area contributed by atoms with Gasteiger partial charge in [-0.05, 0) is 54.8 Å². The predicted molar refractivity (Wildman–Crippen MR) is 106 cm³/mol. The van der Waals surface area contributed by atoms with Gasteiger partial charge in [-0.1, -0.05) is 24.3 Å². The number of benzene rings is 2. The van der Waals surface area contributed by atoms with Crippen molar-refractivity contribution < 1.29 is 9.59 Å². The van der Waals surface area contributed by atoms with Gasteiger partial charge in [-0.3, -0.25) is 14.5 Å². The molecule has 142 valence electrons. The summed E-state index contributed by atoms with van der Waals surface area (Å²) in [6.07, 6.45) is 1.87. The number of amides is 2. The molecule has 1 aliphatic rings. The molecule has 1 atom stereocenters. The fraction of sp³-hybridized carbons (Fsp3) is 0.333. The SMILES string of the molecule is NCc1ccc(C(=O)Nc2ccc(CN3CCCC(C(N)=O)C3)cc2)cc1. The van der Waals surface area contributed by atoms with E-state index in [1.165, 1.54) is 0 Å². The molecule has 2 aromatic carbocycles. The number of piperidine rings is 1. The monoisotopic (exact) mass is 366 g/mol. The highest BCUT2D eigenvalue weighted by Crippen LogP contribution is 2.19. The highest BCUT2D eigenvalue weighted by molar-refractivity contribution is 6.04. The first-order valence-corrected chi connectivity index (χ1v) is 9.26. The van der Waals surface area contributed by atoms with E-state index in [2.05, 4.69) is 10.2 Å². The molecule has 5 N–H and O–H groups in total. The quantitative estimate of drug-likeness (QED) is 0.728. The highest BCUT2D eigenvalue weighted by atomic mass is 16.2. The van der Waals surface area contributed by atoms with E-state index in [4.69, 9.17) is 11.5 Å². The zero-order valence-electron chi connectivity index (χ0n) is 15.4. The van der Waals surface area contributed by atoms with Crippen molar-refractivity contribution in [1.29, 1.82) is 0 Å². The molecule has 1 unspecified atom stereocenters. The average Bonchev–Trinajstić information content (AvgIpc) is 2.69. The summed E-state index contributed by atoms with van der Waals surface area (Å²) in [5.74, 6) is -0.410. The molecule has 0 aromatic heterocycles. The minimum atomic E-state index is -0.211. The van der Waals surface area contributed by atoms with E-state index in [1.54, 1.807) is 12.1 Å². The molecule has 6 heteroatoms. The van der Waals surface area contributed by atoms with Crippen LogP contribution in [0.2, 0.25) is 0 Å². The predicted octanol–water partition coefficient (Wildman–Crippen LogP) is 2.09. The molecule has 1 heterocycles. The number of carbonyl (C=O) groups excluding carboxylic acids is 2. The van der Waals surface area contributed by atoms with Crippen LogP contribution in [0, 0.1) is 5.92 Å². The van der Waals surface area contributed by atoms with E-state index in [-0.39, 0.29) is 17.7 Å². The van der Waals surface area contributed by atoms with Crippen molar-refractivity contribution in [2.45, 2.75) is 25.9 Å². The summed E-state index contributed by atoms with van der Waals surface area (Å²) in [6.45, 7) is 2.92. The molecular formula is C21H26N4O2. The number of nitrogens with zero attached hydrogens (tertiary/aromatic N) is 1. The Kier molecular flexibility index (Phi) is 6.21. The van der Waals surface area contributed by atoms with E-state index >= 15 is 0 Å². The Morgan fingerprint density at radius 1 is 1.04 bits per heavy atom. The number of primary amides is 1. The first-order valence-electron chi connectivity index (χ1n) is 9.26. The van der Waals surface area contributed by atoms with E-state index in [9.17, 15) is 9.59 Å². The maximum atomic E-state index is 12.3. The number of likely N-dealkylation sites (tertiary alicyclic amines) is 1. The third-order valence-electron chi connectivity index (χ3n) is 4.98. The number of anilines is 1. The molecule has 1 saturated heterocycles. The molecule has 0 saturated carbocycles. The molecule has 0 aliphatic carbocycles. The van der Waals surface area contributed by atoms with Crippen LogP contribution in [0.4, 0.5) is 5.69 Å². The lowest BCUT2D eigenvalue weighted by atomic mass is 9.97. The van der Waals surface area contributed by atoms with Crippen LogP contribution in [0.1, 0.15) is 34.3 Å². The fourth-order valence-electron chi connectivity index (χ4n) is 3.38. The van der Waals surface area contributed by atoms with Crippen LogP contribution in [0.3, 0.4) is 0 Å². The minimum absolute atomic E-state index is 0.0528. The van der Waals surface area contributed by atoms with E-state index in [1.807, 2.05) is 36.4 Å². The van der Waals surface area contributed by atoms with Crippen LogP contribution < -0.4 is 16.8 Å². The van der Waals surface area contributed by atoms with Gasteiger partial charge in [0.15, 0.2) is 0 Å². The average molecular weight is 366 g/mol. The van der Waals surface area contributed by atoms with Gasteiger partial charge in [0, 0.05) is 30.9 Å². The molecule has 3 rings (SSSR count). The van der Waals surface area contributed by atoms with Gasteiger partial charge < -0.3 is 16.8 Å². The second kappa shape index (κ2) is 8.79. The Balaban J connectivity index is 1.56. The molecule has 0 bridgehead atoms. The molecule has 0 radical (unpaired) electrons. The Morgan fingerprint density at radius 2 is 1.70 bits per heavy atom. The molecule has 0 spiro atoms. The Morgan fingerprint density at radius 3 is 2.33 bits per heavy atom. The summed E-state index contributed by atoms with van der Waals surface area (Å²) in [5.41, 5.74) is 14.5. The number of nitrogens with one attached hydrogen (secondary N) is 1. The second-order valence-corrected chi connectivity index (χ2v) is 7.03. The lowest BCUT2D eigenvalue weighted by molar-refractivity contribution is -0.123. The Bertz CT molecular complexity index is 787. The topological polar surface area (TPSA) is 101 Å². The van der Waals surface area contributed by atoms with Crippen molar-refractivity contribution in [3.05, 3.63) is 65.2 Å². The van der Waals surface area contributed by atoms with Crippen LogP contribution >= 0.6 is 0 Å². The largest absolute Gasteiger partial charge is 0.369 e. The zero-order chi connectivity index (χ0) is 19.2. The van der Waals surface area contributed by atoms with Gasteiger partial charge >= 0.3 is 0 Å². The first kappa shape index (κ1) is 19.1. The van der Waals surface area contributed by atoms with Crippen LogP contribution in [0.15, 0.2) is 48.5 Å². The van der Waals surface area contributed by atoms with Gasteiger partial charge in [-0.15, -0.1) is 0 Å². The van der Waals surface area contributed by atoms with Gasteiger partial charge in [0.1, 0.15) is 0 Å². The van der Waals surface area contributed by atoms with Crippen molar-refractivity contribution in [3.8, 4) is 0 Å². The fourth-order valence-corrected chi connectivity index (χ4v) is 3.38. The third-order valence-corrected chi connectivity index (χ3v) is 4.98. The number of rotatable bonds is 6. The van der Waals surface area contributed by atoms with E-state index in [0.29, 0.717) is 18.7 Å². The van der Waals surface area contributed by atoms with Gasteiger partial charge in [0.05, 0.1) is 5.92 Å². The molecular weight excluding hydrogens is 340 g/mol. The first-order chi connectivity index (χ1) is 13.0. The lowest BCUT2D eigenvalue weighted by Crippen LogP contribution is -2.40. The number of hydrogen-bond acceptors (Lipinski definition) is 4. The number of carbonyl (C=O) groups is 2. The van der Waals surface area contributed by atoms with Crippen LogP contribution in [-0.2, 0) is 17.9 Å². The smallest absolute Gasteiger partial charge is 0.255 e.